The Labute approximate surface area is 122 Å². The average Bonchev–Trinajstić information content (AvgIpc) is 2.36. The van der Waals surface area contributed by atoms with Crippen molar-refractivity contribution in [3.8, 4) is 5.75 Å². The number of nitrogens with two attached hydrogens (primary N) is 1. The van der Waals surface area contributed by atoms with E-state index in [2.05, 4.69) is 22.7 Å². The van der Waals surface area contributed by atoms with Gasteiger partial charge in [0.05, 0.1) is 12.8 Å². The number of hydrazone groups is 1. The number of ether oxygens (including phenoxy) is 1. The van der Waals surface area contributed by atoms with Gasteiger partial charge in [-0.1, -0.05) is 19.8 Å². The van der Waals surface area contributed by atoms with Gasteiger partial charge in [-0.05, 0) is 30.8 Å². The van der Waals surface area contributed by atoms with Gasteiger partial charge in [0.15, 0.2) is 22.5 Å². The summed E-state index contributed by atoms with van der Waals surface area (Å²) in [6.07, 6.45) is 3.95. The van der Waals surface area contributed by atoms with Crippen LogP contribution in [-0.2, 0) is 0 Å². The van der Waals surface area contributed by atoms with Crippen LogP contribution in [-0.4, -0.2) is 17.9 Å². The highest BCUT2D eigenvalue weighted by Gasteiger charge is 2.11. The van der Waals surface area contributed by atoms with Crippen LogP contribution < -0.4 is 15.9 Å². The molecule has 0 unspecified atom stereocenters. The molecule has 0 radical (unpaired) electrons. The van der Waals surface area contributed by atoms with Crippen molar-refractivity contribution in [2.24, 2.45) is 10.8 Å². The molecule has 0 spiro atoms. The third-order valence-electron chi connectivity index (χ3n) is 2.40. The van der Waals surface area contributed by atoms with Crippen LogP contribution in [0.4, 0.5) is 8.78 Å². The van der Waals surface area contributed by atoms with E-state index in [9.17, 15) is 8.78 Å². The van der Waals surface area contributed by atoms with Gasteiger partial charge in [-0.3, -0.25) is 5.43 Å². The molecule has 3 N–H and O–H groups in total. The van der Waals surface area contributed by atoms with Crippen LogP contribution in [0.15, 0.2) is 17.2 Å². The van der Waals surface area contributed by atoms with E-state index in [1.807, 2.05) is 6.92 Å². The van der Waals surface area contributed by atoms with Crippen molar-refractivity contribution < 1.29 is 13.5 Å². The quantitative estimate of drug-likeness (QED) is 0.352. The number of hydrogen-bond acceptors (Lipinski definition) is 3. The van der Waals surface area contributed by atoms with Gasteiger partial charge < -0.3 is 10.5 Å². The molecule has 0 aliphatic rings. The first-order valence-corrected chi connectivity index (χ1v) is 6.65. The summed E-state index contributed by atoms with van der Waals surface area (Å²) in [4.78, 5) is 0. The number of benzene rings is 1. The Morgan fingerprint density at radius 2 is 2.05 bits per heavy atom. The molecule has 0 fully saturated rings. The van der Waals surface area contributed by atoms with E-state index in [1.54, 1.807) is 0 Å². The molecule has 1 rings (SSSR count). The summed E-state index contributed by atoms with van der Waals surface area (Å²) in [6.45, 7) is 2.33. The highest BCUT2D eigenvalue weighted by atomic mass is 32.1. The fourth-order valence-electron chi connectivity index (χ4n) is 1.49. The van der Waals surface area contributed by atoms with Crippen molar-refractivity contribution in [3.63, 3.8) is 0 Å². The molecule has 1 aromatic rings. The summed E-state index contributed by atoms with van der Waals surface area (Å²) in [7, 11) is 0. The lowest BCUT2D eigenvalue weighted by atomic mass is 10.2. The minimum Gasteiger partial charge on any atom is -0.488 e. The van der Waals surface area contributed by atoms with Crippen LogP contribution in [0.3, 0.4) is 0 Å². The van der Waals surface area contributed by atoms with E-state index < -0.39 is 11.6 Å². The molecule has 0 saturated carbocycles. The number of rotatable bonds is 7. The maximum absolute atomic E-state index is 13.7. The largest absolute Gasteiger partial charge is 0.488 e. The van der Waals surface area contributed by atoms with Crippen LogP contribution in [0.2, 0.25) is 0 Å². The fourth-order valence-corrected chi connectivity index (χ4v) is 1.54. The lowest BCUT2D eigenvalue weighted by molar-refractivity contribution is 0.276. The molecule has 0 amide bonds. The Morgan fingerprint density at radius 3 is 2.60 bits per heavy atom. The molecule has 0 heterocycles. The number of nitrogens with one attached hydrogen (secondary N) is 1. The van der Waals surface area contributed by atoms with Crippen LogP contribution in [0.1, 0.15) is 31.7 Å². The number of thiocarbonyl (C=S) groups is 1. The molecule has 4 nitrogen and oxygen atoms in total. The molecule has 0 bridgehead atoms. The van der Waals surface area contributed by atoms with E-state index in [4.69, 9.17) is 10.5 Å². The van der Waals surface area contributed by atoms with Crippen LogP contribution in [0, 0.1) is 11.6 Å². The molecule has 110 valence electrons. The van der Waals surface area contributed by atoms with Crippen molar-refractivity contribution in [2.75, 3.05) is 6.61 Å². The molecule has 0 aliphatic carbocycles. The Hall–Kier alpha value is -1.76. The summed E-state index contributed by atoms with van der Waals surface area (Å²) in [5.41, 5.74) is 7.70. The Kier molecular flexibility index (Phi) is 6.86. The summed E-state index contributed by atoms with van der Waals surface area (Å²) < 4.78 is 32.5. The van der Waals surface area contributed by atoms with Gasteiger partial charge in [-0.25, -0.2) is 8.78 Å². The highest BCUT2D eigenvalue weighted by Crippen LogP contribution is 2.23. The SMILES string of the molecule is CCCCCOc1c(F)cc(C=NNC(N)=S)cc1F. The zero-order valence-corrected chi connectivity index (χ0v) is 12.0. The van der Waals surface area contributed by atoms with Gasteiger partial charge in [0.2, 0.25) is 0 Å². The lowest BCUT2D eigenvalue weighted by Crippen LogP contribution is -2.24. The average molecular weight is 301 g/mol. The summed E-state index contributed by atoms with van der Waals surface area (Å²) in [5.74, 6) is -1.89. The van der Waals surface area contributed by atoms with Gasteiger partial charge in [0, 0.05) is 5.56 Å². The first kappa shape index (κ1) is 16.3. The lowest BCUT2D eigenvalue weighted by Gasteiger charge is -2.08. The van der Waals surface area contributed by atoms with Crippen LogP contribution in [0.25, 0.3) is 0 Å². The van der Waals surface area contributed by atoms with Gasteiger partial charge in [0.25, 0.3) is 0 Å². The monoisotopic (exact) mass is 301 g/mol. The molecule has 0 aliphatic heterocycles. The molecule has 1 aromatic carbocycles. The van der Waals surface area contributed by atoms with E-state index in [0.717, 1.165) is 31.4 Å². The van der Waals surface area contributed by atoms with Crippen LogP contribution >= 0.6 is 12.2 Å². The minimum absolute atomic E-state index is 0.0296. The summed E-state index contributed by atoms with van der Waals surface area (Å²) >= 11 is 4.54. The van der Waals surface area contributed by atoms with Crippen molar-refractivity contribution in [1.82, 2.24) is 5.43 Å². The molecule has 20 heavy (non-hydrogen) atoms. The first-order valence-electron chi connectivity index (χ1n) is 6.25. The number of nitrogens with zero attached hydrogens (tertiary/aromatic N) is 1. The predicted molar refractivity (Wildman–Crippen MR) is 78.9 cm³/mol. The fraction of sp³-hybridized carbons (Fsp3) is 0.385. The van der Waals surface area contributed by atoms with Crippen molar-refractivity contribution in [2.45, 2.75) is 26.2 Å². The highest BCUT2D eigenvalue weighted by molar-refractivity contribution is 7.80. The Bertz CT molecular complexity index is 471. The second-order valence-electron chi connectivity index (χ2n) is 4.10. The van der Waals surface area contributed by atoms with Gasteiger partial charge in [-0.15, -0.1) is 0 Å². The Morgan fingerprint density at radius 1 is 1.40 bits per heavy atom. The number of hydrogen-bond donors (Lipinski definition) is 2. The second-order valence-corrected chi connectivity index (χ2v) is 4.54. The maximum Gasteiger partial charge on any atom is 0.190 e. The molecular formula is C13H17F2N3OS. The van der Waals surface area contributed by atoms with Crippen molar-refractivity contribution >= 4 is 23.5 Å². The van der Waals surface area contributed by atoms with Gasteiger partial charge in [-0.2, -0.15) is 5.10 Å². The smallest absolute Gasteiger partial charge is 0.190 e. The third kappa shape index (κ3) is 5.48. The zero-order chi connectivity index (χ0) is 15.0. The first-order chi connectivity index (χ1) is 9.54. The zero-order valence-electron chi connectivity index (χ0n) is 11.2. The second kappa shape index (κ2) is 8.42. The van der Waals surface area contributed by atoms with Crippen molar-refractivity contribution in [1.29, 1.82) is 0 Å². The third-order valence-corrected chi connectivity index (χ3v) is 2.49. The number of halogens is 2. The predicted octanol–water partition coefficient (Wildman–Crippen LogP) is 2.70. The summed E-state index contributed by atoms with van der Waals surface area (Å²) in [5, 5.41) is 3.59. The molecule has 7 heteroatoms. The maximum atomic E-state index is 13.7. The standard InChI is InChI=1S/C13H17F2N3OS/c1-2-3-4-5-19-12-10(14)6-9(7-11(12)15)8-17-18-13(16)20/h6-8H,2-5H2,1H3,(H3,16,18,20). The van der Waals surface area contributed by atoms with E-state index in [1.165, 1.54) is 6.21 Å². The topological polar surface area (TPSA) is 59.6 Å². The molecule has 0 aromatic heterocycles. The molecule has 0 saturated heterocycles. The van der Waals surface area contributed by atoms with E-state index >= 15 is 0 Å². The Balaban J connectivity index is 2.70. The molecule has 0 atom stereocenters. The van der Waals surface area contributed by atoms with Crippen LogP contribution in [0.5, 0.6) is 5.75 Å². The van der Waals surface area contributed by atoms with Crippen molar-refractivity contribution in [3.05, 3.63) is 29.3 Å². The number of unbranched alkanes of at least 4 members (excludes halogenated alkanes) is 2. The summed E-state index contributed by atoms with van der Waals surface area (Å²) in [6, 6.07) is 2.26. The van der Waals surface area contributed by atoms with Gasteiger partial charge in [0.1, 0.15) is 0 Å². The van der Waals surface area contributed by atoms with Gasteiger partial charge >= 0.3 is 0 Å². The minimum atomic E-state index is -0.765. The van der Waals surface area contributed by atoms with E-state index in [-0.39, 0.29) is 23.0 Å². The normalized spacial score (nSPS) is 10.8. The van der Waals surface area contributed by atoms with E-state index in [0.29, 0.717) is 0 Å². The molecular weight excluding hydrogens is 284 g/mol.